The van der Waals surface area contributed by atoms with Crippen LogP contribution in [0.2, 0.25) is 0 Å². The predicted octanol–water partition coefficient (Wildman–Crippen LogP) is -0.244. The van der Waals surface area contributed by atoms with Crippen molar-refractivity contribution in [1.82, 2.24) is 5.32 Å². The van der Waals surface area contributed by atoms with Crippen molar-refractivity contribution in [2.24, 2.45) is 0 Å². The van der Waals surface area contributed by atoms with Gasteiger partial charge in [-0.15, -0.1) is 0 Å². The van der Waals surface area contributed by atoms with Crippen LogP contribution in [0.1, 0.15) is 19.3 Å². The molecule has 0 bridgehead atoms. The lowest BCUT2D eigenvalue weighted by Crippen LogP contribution is -2.27. The average Bonchev–Trinajstić information content (AvgIpc) is 2.83. The van der Waals surface area contributed by atoms with Crippen molar-refractivity contribution in [3.63, 3.8) is 0 Å². The van der Waals surface area contributed by atoms with Crippen LogP contribution in [-0.2, 0) is 14.3 Å². The number of ether oxygens (including phenoxy) is 1. The summed E-state index contributed by atoms with van der Waals surface area (Å²) >= 11 is 0. The van der Waals surface area contributed by atoms with Crippen molar-refractivity contribution in [3.8, 4) is 0 Å². The number of amides is 1. The molecule has 1 aliphatic rings. The maximum absolute atomic E-state index is 11.0. The molecule has 0 aromatic heterocycles. The van der Waals surface area contributed by atoms with Crippen LogP contribution < -0.4 is 5.32 Å². The summed E-state index contributed by atoms with van der Waals surface area (Å²) in [5, 5.41) is 11.0. The van der Waals surface area contributed by atoms with E-state index in [0.29, 0.717) is 13.0 Å². The third kappa shape index (κ3) is 5.19. The third-order valence-electron chi connectivity index (χ3n) is 1.72. The molecule has 1 amide bonds. The van der Waals surface area contributed by atoms with E-state index in [2.05, 4.69) is 5.32 Å². The van der Waals surface area contributed by atoms with Crippen molar-refractivity contribution < 1.29 is 19.4 Å². The first-order valence-electron chi connectivity index (χ1n) is 4.28. The Kier molecular flexibility index (Phi) is 3.70. The molecular formula is C8H13NO4. The third-order valence-corrected chi connectivity index (χ3v) is 1.72. The molecule has 0 aromatic carbocycles. The van der Waals surface area contributed by atoms with Crippen LogP contribution in [0.3, 0.4) is 0 Å². The van der Waals surface area contributed by atoms with Crippen LogP contribution >= 0.6 is 0 Å². The van der Waals surface area contributed by atoms with Crippen molar-refractivity contribution in [3.05, 3.63) is 0 Å². The van der Waals surface area contributed by atoms with E-state index in [-0.39, 0.29) is 24.9 Å². The molecule has 1 heterocycles. The predicted molar refractivity (Wildman–Crippen MR) is 44.2 cm³/mol. The molecule has 74 valence electrons. The summed E-state index contributed by atoms with van der Waals surface area (Å²) in [6.45, 7) is 1.27. The smallest absolute Gasteiger partial charge is 0.303 e. The Morgan fingerprint density at radius 1 is 1.46 bits per heavy atom. The molecule has 13 heavy (non-hydrogen) atoms. The standard InChI is InChI=1S/C8H13NO4/c10-7(2-1-3-8(11)12)9-4-6-5-13-6/h6H,1-5H2,(H,9,10)(H,11,12)/t6-/m0/s1. The molecule has 1 atom stereocenters. The van der Waals surface area contributed by atoms with Crippen LogP contribution in [-0.4, -0.2) is 36.2 Å². The Bertz CT molecular complexity index is 200. The van der Waals surface area contributed by atoms with Crippen LogP contribution in [0.5, 0.6) is 0 Å². The Hall–Kier alpha value is -1.10. The maximum atomic E-state index is 11.0. The van der Waals surface area contributed by atoms with Gasteiger partial charge in [0.15, 0.2) is 0 Å². The Balaban J connectivity index is 1.93. The number of aliphatic carboxylic acids is 1. The number of rotatable bonds is 6. The summed E-state index contributed by atoms with van der Waals surface area (Å²) in [6.07, 6.45) is 0.905. The number of carboxylic acids is 1. The first-order valence-corrected chi connectivity index (χ1v) is 4.28. The van der Waals surface area contributed by atoms with E-state index in [4.69, 9.17) is 9.84 Å². The van der Waals surface area contributed by atoms with E-state index < -0.39 is 5.97 Å². The molecule has 1 saturated heterocycles. The number of carbonyl (C=O) groups is 2. The minimum absolute atomic E-state index is 0.0490. The largest absolute Gasteiger partial charge is 0.481 e. The van der Waals surface area contributed by atoms with Crippen LogP contribution in [0, 0.1) is 0 Å². The highest BCUT2D eigenvalue weighted by Crippen LogP contribution is 2.06. The minimum atomic E-state index is -0.863. The SMILES string of the molecule is O=C(O)CCCC(=O)NC[C@H]1CO1. The number of hydrogen-bond acceptors (Lipinski definition) is 3. The summed E-state index contributed by atoms with van der Waals surface area (Å²) in [5.41, 5.74) is 0. The normalized spacial score (nSPS) is 19.5. The van der Waals surface area contributed by atoms with Gasteiger partial charge in [-0.1, -0.05) is 0 Å². The van der Waals surface area contributed by atoms with Crippen molar-refractivity contribution in [2.45, 2.75) is 25.4 Å². The van der Waals surface area contributed by atoms with Gasteiger partial charge in [-0.2, -0.15) is 0 Å². The molecule has 5 nitrogen and oxygen atoms in total. The Morgan fingerprint density at radius 2 is 2.15 bits per heavy atom. The first-order chi connectivity index (χ1) is 6.18. The number of epoxide rings is 1. The maximum Gasteiger partial charge on any atom is 0.303 e. The van der Waals surface area contributed by atoms with Crippen LogP contribution in [0.4, 0.5) is 0 Å². The van der Waals surface area contributed by atoms with E-state index in [1.165, 1.54) is 0 Å². The van der Waals surface area contributed by atoms with Gasteiger partial charge in [-0.3, -0.25) is 9.59 Å². The molecule has 1 fully saturated rings. The number of carboxylic acid groups (broad SMARTS) is 1. The summed E-state index contributed by atoms with van der Waals surface area (Å²) < 4.78 is 4.89. The zero-order valence-electron chi connectivity index (χ0n) is 7.28. The number of hydrogen-bond donors (Lipinski definition) is 2. The molecule has 0 aromatic rings. The summed E-state index contributed by atoms with van der Waals surface area (Å²) in [5.74, 6) is -0.963. The summed E-state index contributed by atoms with van der Waals surface area (Å²) in [4.78, 5) is 21.1. The highest BCUT2D eigenvalue weighted by atomic mass is 16.6. The molecule has 0 aliphatic carbocycles. The van der Waals surface area contributed by atoms with Gasteiger partial charge in [0.2, 0.25) is 5.91 Å². The molecule has 0 unspecified atom stereocenters. The summed E-state index contributed by atoms with van der Waals surface area (Å²) in [6, 6.07) is 0. The monoisotopic (exact) mass is 187 g/mol. The molecule has 2 N–H and O–H groups in total. The van der Waals surface area contributed by atoms with Crippen molar-refractivity contribution in [1.29, 1.82) is 0 Å². The van der Waals surface area contributed by atoms with Crippen LogP contribution in [0.25, 0.3) is 0 Å². The fraction of sp³-hybridized carbons (Fsp3) is 0.750. The van der Waals surface area contributed by atoms with E-state index >= 15 is 0 Å². The van der Waals surface area contributed by atoms with Gasteiger partial charge in [0.05, 0.1) is 12.7 Å². The number of carbonyl (C=O) groups excluding carboxylic acids is 1. The van der Waals surface area contributed by atoms with Gasteiger partial charge in [0, 0.05) is 19.4 Å². The van der Waals surface area contributed by atoms with Gasteiger partial charge < -0.3 is 15.2 Å². The van der Waals surface area contributed by atoms with Gasteiger partial charge in [-0.25, -0.2) is 0 Å². The fourth-order valence-electron chi connectivity index (χ4n) is 0.902. The summed E-state index contributed by atoms with van der Waals surface area (Å²) in [7, 11) is 0. The van der Waals surface area contributed by atoms with E-state index in [1.54, 1.807) is 0 Å². The van der Waals surface area contributed by atoms with Gasteiger partial charge >= 0.3 is 5.97 Å². The van der Waals surface area contributed by atoms with Crippen LogP contribution in [0.15, 0.2) is 0 Å². The molecule has 0 radical (unpaired) electrons. The second-order valence-electron chi connectivity index (χ2n) is 3.01. The van der Waals surface area contributed by atoms with Gasteiger partial charge in [0.1, 0.15) is 0 Å². The topological polar surface area (TPSA) is 78.9 Å². The average molecular weight is 187 g/mol. The van der Waals surface area contributed by atoms with Crippen molar-refractivity contribution >= 4 is 11.9 Å². The highest BCUT2D eigenvalue weighted by Gasteiger charge is 2.22. The highest BCUT2D eigenvalue weighted by molar-refractivity contribution is 5.76. The second-order valence-corrected chi connectivity index (χ2v) is 3.01. The second kappa shape index (κ2) is 4.81. The molecule has 1 rings (SSSR count). The molecule has 0 spiro atoms. The van der Waals surface area contributed by atoms with E-state index in [0.717, 1.165) is 6.61 Å². The lowest BCUT2D eigenvalue weighted by Gasteiger charge is -2.00. The first kappa shape index (κ1) is 9.98. The molecule has 0 saturated carbocycles. The molecule has 1 aliphatic heterocycles. The van der Waals surface area contributed by atoms with E-state index in [9.17, 15) is 9.59 Å². The lowest BCUT2D eigenvalue weighted by atomic mass is 10.2. The zero-order chi connectivity index (χ0) is 9.68. The zero-order valence-corrected chi connectivity index (χ0v) is 7.28. The van der Waals surface area contributed by atoms with E-state index in [1.807, 2.05) is 0 Å². The minimum Gasteiger partial charge on any atom is -0.481 e. The molecular weight excluding hydrogens is 174 g/mol. The van der Waals surface area contributed by atoms with Crippen molar-refractivity contribution in [2.75, 3.05) is 13.2 Å². The fourth-order valence-corrected chi connectivity index (χ4v) is 0.902. The Morgan fingerprint density at radius 3 is 2.69 bits per heavy atom. The van der Waals surface area contributed by atoms with Gasteiger partial charge in [-0.05, 0) is 6.42 Å². The Labute approximate surface area is 76.1 Å². The number of nitrogens with one attached hydrogen (secondary N) is 1. The lowest BCUT2D eigenvalue weighted by molar-refractivity contribution is -0.137. The quantitative estimate of drug-likeness (QED) is 0.562. The van der Waals surface area contributed by atoms with Gasteiger partial charge in [0.25, 0.3) is 0 Å². The molecule has 5 heteroatoms.